The Morgan fingerprint density at radius 3 is 1.84 bits per heavy atom. The van der Waals surface area contributed by atoms with Gasteiger partial charge in [0, 0.05) is 23.1 Å². The molecule has 1 heterocycles. The van der Waals surface area contributed by atoms with Crippen molar-refractivity contribution in [1.82, 2.24) is 4.90 Å². The number of aliphatic carboxylic acids is 1. The molecular formula is C25H22BrNO4. The number of carbonyl (C=O) groups is 2. The predicted molar refractivity (Wildman–Crippen MR) is 122 cm³/mol. The van der Waals surface area contributed by atoms with Crippen molar-refractivity contribution in [2.45, 2.75) is 18.3 Å². The lowest BCUT2D eigenvalue weighted by molar-refractivity contribution is -0.145. The minimum absolute atomic E-state index is 0.0907. The van der Waals surface area contributed by atoms with Crippen molar-refractivity contribution in [3.05, 3.63) is 88.4 Å². The van der Waals surface area contributed by atoms with E-state index in [9.17, 15) is 19.8 Å². The van der Waals surface area contributed by atoms with Gasteiger partial charge in [-0.3, -0.25) is 9.59 Å². The smallest absolute Gasteiger partial charge is 0.314 e. The van der Waals surface area contributed by atoms with Crippen LogP contribution in [0.25, 0.3) is 11.1 Å². The summed E-state index contributed by atoms with van der Waals surface area (Å²) in [5, 5.41) is 19.4. The maximum absolute atomic E-state index is 13.0. The number of rotatable bonds is 4. The Balaban J connectivity index is 1.48. The summed E-state index contributed by atoms with van der Waals surface area (Å²) in [6.45, 7) is 0.780. The Morgan fingerprint density at radius 1 is 0.806 bits per heavy atom. The number of hydrogen-bond acceptors (Lipinski definition) is 3. The highest BCUT2D eigenvalue weighted by molar-refractivity contribution is 9.10. The highest BCUT2D eigenvalue weighted by atomic mass is 79.9. The molecule has 0 aromatic heterocycles. The number of amides is 1. The maximum Gasteiger partial charge on any atom is 0.314 e. The number of piperidine rings is 1. The largest absolute Gasteiger partial charge is 0.508 e. The summed E-state index contributed by atoms with van der Waals surface area (Å²) in [5.41, 5.74) is 2.29. The first-order valence-corrected chi connectivity index (χ1v) is 10.9. The Morgan fingerprint density at radius 2 is 1.32 bits per heavy atom. The molecule has 1 aliphatic rings. The van der Waals surface area contributed by atoms with Crippen molar-refractivity contribution in [2.75, 3.05) is 13.1 Å². The van der Waals surface area contributed by atoms with Gasteiger partial charge in [-0.1, -0.05) is 52.3 Å². The molecule has 0 bridgehead atoms. The lowest BCUT2D eigenvalue weighted by atomic mass is 9.72. The van der Waals surface area contributed by atoms with Gasteiger partial charge in [0.15, 0.2) is 0 Å². The molecule has 1 amide bonds. The summed E-state index contributed by atoms with van der Waals surface area (Å²) >= 11 is 3.39. The summed E-state index contributed by atoms with van der Waals surface area (Å²) in [5.74, 6) is -0.728. The highest BCUT2D eigenvalue weighted by Crippen LogP contribution is 2.37. The van der Waals surface area contributed by atoms with Gasteiger partial charge in [-0.15, -0.1) is 0 Å². The van der Waals surface area contributed by atoms with Gasteiger partial charge in [-0.2, -0.15) is 0 Å². The Hall–Kier alpha value is -3.12. The molecule has 0 unspecified atom stereocenters. The standard InChI is InChI=1S/C25H22BrNO4/c26-21-9-7-20(8-10-21)25(24(30)31)13-15-27(16-14-25)23(29)19-3-1-17(2-4-19)18-5-11-22(28)12-6-18/h1-12,28H,13-16H2,(H,30,31). The van der Waals surface area contributed by atoms with E-state index < -0.39 is 11.4 Å². The molecule has 4 rings (SSSR count). The average molecular weight is 480 g/mol. The van der Waals surface area contributed by atoms with E-state index in [1.807, 2.05) is 48.5 Å². The monoisotopic (exact) mass is 479 g/mol. The van der Waals surface area contributed by atoms with Crippen molar-refractivity contribution >= 4 is 27.8 Å². The van der Waals surface area contributed by atoms with E-state index in [4.69, 9.17) is 0 Å². The third-order valence-electron chi connectivity index (χ3n) is 6.04. The zero-order valence-corrected chi connectivity index (χ0v) is 18.4. The minimum atomic E-state index is -0.972. The van der Waals surface area contributed by atoms with Crippen LogP contribution in [0.3, 0.4) is 0 Å². The summed E-state index contributed by atoms with van der Waals surface area (Å²) in [6, 6.07) is 21.6. The number of carboxylic acids is 1. The van der Waals surface area contributed by atoms with Crippen LogP contribution in [-0.4, -0.2) is 40.1 Å². The van der Waals surface area contributed by atoms with Crippen LogP contribution >= 0.6 is 15.9 Å². The van der Waals surface area contributed by atoms with Crippen molar-refractivity contribution in [1.29, 1.82) is 0 Å². The van der Waals surface area contributed by atoms with Crippen molar-refractivity contribution < 1.29 is 19.8 Å². The fourth-order valence-electron chi connectivity index (χ4n) is 4.13. The van der Waals surface area contributed by atoms with Gasteiger partial charge in [0.1, 0.15) is 5.75 Å². The topological polar surface area (TPSA) is 77.8 Å². The van der Waals surface area contributed by atoms with Gasteiger partial charge < -0.3 is 15.1 Å². The number of carboxylic acid groups (broad SMARTS) is 1. The Kier molecular flexibility index (Phi) is 5.83. The third-order valence-corrected chi connectivity index (χ3v) is 6.57. The molecule has 0 saturated carbocycles. The average Bonchev–Trinajstić information content (AvgIpc) is 2.80. The molecule has 0 atom stereocenters. The first-order valence-electron chi connectivity index (χ1n) is 10.1. The molecule has 3 aromatic carbocycles. The normalized spacial score (nSPS) is 15.5. The first-order chi connectivity index (χ1) is 14.9. The fourth-order valence-corrected chi connectivity index (χ4v) is 4.39. The second kappa shape index (κ2) is 8.55. The van der Waals surface area contributed by atoms with E-state index in [1.54, 1.807) is 29.2 Å². The zero-order valence-electron chi connectivity index (χ0n) is 16.8. The quantitative estimate of drug-likeness (QED) is 0.546. The zero-order chi connectivity index (χ0) is 22.0. The van der Waals surface area contributed by atoms with Crippen LogP contribution in [0, 0.1) is 0 Å². The number of hydrogen-bond donors (Lipinski definition) is 2. The van der Waals surface area contributed by atoms with Crippen molar-refractivity contribution in [3.8, 4) is 16.9 Å². The summed E-state index contributed by atoms with van der Waals surface area (Å²) in [4.78, 5) is 26.9. The van der Waals surface area contributed by atoms with E-state index in [0.29, 0.717) is 31.5 Å². The molecule has 6 heteroatoms. The van der Waals surface area contributed by atoms with Crippen LogP contribution < -0.4 is 0 Å². The number of nitrogens with zero attached hydrogens (tertiary/aromatic N) is 1. The lowest BCUT2D eigenvalue weighted by Crippen LogP contribution is -2.49. The van der Waals surface area contributed by atoms with Gasteiger partial charge in [0.2, 0.25) is 0 Å². The molecule has 31 heavy (non-hydrogen) atoms. The van der Waals surface area contributed by atoms with Gasteiger partial charge in [-0.25, -0.2) is 0 Å². The lowest BCUT2D eigenvalue weighted by Gasteiger charge is -2.39. The van der Waals surface area contributed by atoms with Crippen LogP contribution in [-0.2, 0) is 10.2 Å². The summed E-state index contributed by atoms with van der Waals surface area (Å²) in [7, 11) is 0. The molecule has 2 N–H and O–H groups in total. The Bertz CT molecular complexity index is 1080. The number of benzene rings is 3. The molecule has 5 nitrogen and oxygen atoms in total. The molecule has 1 fully saturated rings. The number of aromatic hydroxyl groups is 1. The molecule has 0 spiro atoms. The molecule has 158 valence electrons. The van der Waals surface area contributed by atoms with E-state index in [1.165, 1.54) is 0 Å². The van der Waals surface area contributed by atoms with Crippen LogP contribution in [0.5, 0.6) is 5.75 Å². The second-order valence-electron chi connectivity index (χ2n) is 7.81. The number of phenols is 1. The first kappa shape index (κ1) is 21.1. The van der Waals surface area contributed by atoms with Crippen LogP contribution in [0.1, 0.15) is 28.8 Å². The van der Waals surface area contributed by atoms with E-state index in [-0.39, 0.29) is 11.7 Å². The summed E-state index contributed by atoms with van der Waals surface area (Å²) in [6.07, 6.45) is 0.753. The molecule has 1 aliphatic heterocycles. The van der Waals surface area contributed by atoms with Crippen LogP contribution in [0.4, 0.5) is 0 Å². The fraction of sp³-hybridized carbons (Fsp3) is 0.200. The number of carbonyl (C=O) groups excluding carboxylic acids is 1. The maximum atomic E-state index is 13.0. The molecule has 0 aliphatic carbocycles. The molecule has 0 radical (unpaired) electrons. The molecular weight excluding hydrogens is 458 g/mol. The second-order valence-corrected chi connectivity index (χ2v) is 8.73. The highest BCUT2D eigenvalue weighted by Gasteiger charge is 2.44. The van der Waals surface area contributed by atoms with Crippen molar-refractivity contribution in [2.24, 2.45) is 0 Å². The third kappa shape index (κ3) is 4.21. The SMILES string of the molecule is O=C(c1ccc(-c2ccc(O)cc2)cc1)N1CCC(C(=O)O)(c2ccc(Br)cc2)CC1. The van der Waals surface area contributed by atoms with Gasteiger partial charge in [0.05, 0.1) is 5.41 Å². The summed E-state index contributed by atoms with van der Waals surface area (Å²) < 4.78 is 0.903. The number of halogens is 1. The van der Waals surface area contributed by atoms with Crippen LogP contribution in [0.15, 0.2) is 77.3 Å². The molecule has 3 aromatic rings. The van der Waals surface area contributed by atoms with Gasteiger partial charge in [-0.05, 0) is 65.9 Å². The minimum Gasteiger partial charge on any atom is -0.508 e. The van der Waals surface area contributed by atoms with E-state index in [0.717, 1.165) is 21.2 Å². The number of phenolic OH excluding ortho intramolecular Hbond substituents is 1. The van der Waals surface area contributed by atoms with Gasteiger partial charge in [0.25, 0.3) is 5.91 Å². The van der Waals surface area contributed by atoms with E-state index >= 15 is 0 Å². The Labute approximate surface area is 189 Å². The van der Waals surface area contributed by atoms with Crippen molar-refractivity contribution in [3.63, 3.8) is 0 Å². The van der Waals surface area contributed by atoms with Gasteiger partial charge >= 0.3 is 5.97 Å². The number of likely N-dealkylation sites (tertiary alicyclic amines) is 1. The molecule has 1 saturated heterocycles. The predicted octanol–water partition coefficient (Wildman–Crippen LogP) is 5.08. The van der Waals surface area contributed by atoms with Crippen LogP contribution in [0.2, 0.25) is 0 Å². The van der Waals surface area contributed by atoms with E-state index in [2.05, 4.69) is 15.9 Å².